The van der Waals surface area contributed by atoms with Crippen molar-refractivity contribution in [3.63, 3.8) is 0 Å². The summed E-state index contributed by atoms with van der Waals surface area (Å²) in [6.07, 6.45) is 0. The van der Waals surface area contributed by atoms with Crippen molar-refractivity contribution in [1.82, 2.24) is 24.9 Å². The van der Waals surface area contributed by atoms with Crippen LogP contribution in [0.2, 0.25) is 0 Å². The van der Waals surface area contributed by atoms with Gasteiger partial charge in [-0.05, 0) is 36.4 Å². The maximum absolute atomic E-state index is 5.47. The Balaban J connectivity index is 1.11. The van der Waals surface area contributed by atoms with E-state index in [1.54, 1.807) is 0 Å². The van der Waals surface area contributed by atoms with Crippen molar-refractivity contribution >= 4 is 54.5 Å². The van der Waals surface area contributed by atoms with Crippen molar-refractivity contribution < 1.29 is 0 Å². The lowest BCUT2D eigenvalue weighted by Gasteiger charge is -2.15. The zero-order chi connectivity index (χ0) is 37.0. The molecule has 0 aliphatic heterocycles. The van der Waals surface area contributed by atoms with E-state index in [1.165, 1.54) is 0 Å². The molecule has 0 radical (unpaired) electrons. The van der Waals surface area contributed by atoms with Gasteiger partial charge < -0.3 is 0 Å². The highest BCUT2D eigenvalue weighted by atomic mass is 14.8. The van der Waals surface area contributed by atoms with E-state index in [-0.39, 0.29) is 0 Å². The summed E-state index contributed by atoms with van der Waals surface area (Å²) in [5.74, 6) is 0. The zero-order valence-electron chi connectivity index (χ0n) is 30.1. The van der Waals surface area contributed by atoms with Crippen molar-refractivity contribution in [2.45, 2.75) is 0 Å². The molecule has 56 heavy (non-hydrogen) atoms. The van der Waals surface area contributed by atoms with Gasteiger partial charge in [0.15, 0.2) is 0 Å². The van der Waals surface area contributed by atoms with Crippen LogP contribution in [0, 0.1) is 0 Å². The van der Waals surface area contributed by atoms with Gasteiger partial charge in [0.2, 0.25) is 0 Å². The molecular weight excluding hydrogens is 683 g/mol. The molecule has 0 atom stereocenters. The van der Waals surface area contributed by atoms with E-state index < -0.39 is 0 Å². The summed E-state index contributed by atoms with van der Waals surface area (Å²) in [6.45, 7) is 0. The number of benzene rings is 7. The van der Waals surface area contributed by atoms with Gasteiger partial charge >= 0.3 is 0 Å². The molecular formula is C51H31N5. The Kier molecular flexibility index (Phi) is 7.42. The molecule has 11 aromatic rings. The second-order valence-corrected chi connectivity index (χ2v) is 14.0. The fourth-order valence-electron chi connectivity index (χ4n) is 7.89. The monoisotopic (exact) mass is 713 g/mol. The van der Waals surface area contributed by atoms with Crippen LogP contribution >= 0.6 is 0 Å². The van der Waals surface area contributed by atoms with Gasteiger partial charge in [-0.15, -0.1) is 0 Å². The van der Waals surface area contributed by atoms with E-state index in [2.05, 4.69) is 140 Å². The summed E-state index contributed by atoms with van der Waals surface area (Å²) in [6, 6.07) is 64.8. The van der Waals surface area contributed by atoms with Gasteiger partial charge in [0, 0.05) is 54.7 Å². The van der Waals surface area contributed by atoms with Crippen molar-refractivity contribution in [2.75, 3.05) is 0 Å². The highest BCUT2D eigenvalue weighted by Gasteiger charge is 2.19. The van der Waals surface area contributed by atoms with E-state index in [1.807, 2.05) is 48.5 Å². The van der Waals surface area contributed by atoms with Gasteiger partial charge in [-0.25, -0.2) is 24.9 Å². The first-order valence-electron chi connectivity index (χ1n) is 18.8. The van der Waals surface area contributed by atoms with Crippen LogP contribution < -0.4 is 0 Å². The molecule has 11 rings (SSSR count). The van der Waals surface area contributed by atoms with E-state index in [9.17, 15) is 0 Å². The topological polar surface area (TPSA) is 64.5 Å². The zero-order valence-corrected chi connectivity index (χ0v) is 30.1. The highest BCUT2D eigenvalue weighted by molar-refractivity contribution is 6.21. The van der Waals surface area contributed by atoms with Crippen LogP contribution in [0.4, 0.5) is 0 Å². The molecule has 0 bridgehead atoms. The number of hydrogen-bond donors (Lipinski definition) is 0. The van der Waals surface area contributed by atoms with E-state index >= 15 is 0 Å². The molecule has 5 nitrogen and oxygen atoms in total. The lowest BCUT2D eigenvalue weighted by Crippen LogP contribution is -1.98. The van der Waals surface area contributed by atoms with Crippen LogP contribution in [0.3, 0.4) is 0 Å². The average molecular weight is 714 g/mol. The maximum Gasteiger partial charge on any atom is 0.0980 e. The molecule has 0 fully saturated rings. The van der Waals surface area contributed by atoms with Crippen molar-refractivity contribution in [2.24, 2.45) is 0 Å². The van der Waals surface area contributed by atoms with E-state index in [4.69, 9.17) is 24.9 Å². The molecule has 0 aliphatic rings. The molecule has 4 heterocycles. The first-order chi connectivity index (χ1) is 27.7. The Morgan fingerprint density at radius 2 is 0.786 bits per heavy atom. The number of pyridine rings is 3. The molecule has 0 spiro atoms. The molecule has 0 aliphatic carbocycles. The summed E-state index contributed by atoms with van der Waals surface area (Å²) >= 11 is 0. The second-order valence-electron chi connectivity index (χ2n) is 14.0. The van der Waals surface area contributed by atoms with Gasteiger partial charge in [-0.1, -0.05) is 152 Å². The summed E-state index contributed by atoms with van der Waals surface area (Å²) < 4.78 is 0. The van der Waals surface area contributed by atoms with Gasteiger partial charge in [-0.2, -0.15) is 0 Å². The summed E-state index contributed by atoms with van der Waals surface area (Å²) in [7, 11) is 0. The third-order valence-electron chi connectivity index (χ3n) is 10.6. The number of aromatic nitrogens is 5. The number of nitrogens with zero attached hydrogens (tertiary/aromatic N) is 5. The molecule has 0 saturated carbocycles. The Hall–Kier alpha value is -7.63. The Bertz CT molecular complexity index is 3290. The molecule has 0 unspecified atom stereocenters. The van der Waals surface area contributed by atoms with Crippen molar-refractivity contribution in [3.8, 4) is 56.3 Å². The highest BCUT2D eigenvalue weighted by Crippen LogP contribution is 2.40. The third kappa shape index (κ3) is 5.37. The standard InChI is InChI=1S/C51H31N5/c1-4-13-32(14-5-1)41-28-25-35-23-24-36-26-29-42(53-49(36)48(35)52-41)37-19-12-20-38(31-37)46-40-27-30-44-51(45(40)39-21-10-11-22-43(39)54-46)56-50(34-17-8-3-9-18-34)47(55-44)33-15-6-2-7-16-33/h1-31H. The molecule has 0 amide bonds. The predicted molar refractivity (Wildman–Crippen MR) is 230 cm³/mol. The van der Waals surface area contributed by atoms with Crippen LogP contribution in [-0.4, -0.2) is 24.9 Å². The Morgan fingerprint density at radius 3 is 1.46 bits per heavy atom. The van der Waals surface area contributed by atoms with Gasteiger partial charge in [0.1, 0.15) is 0 Å². The second kappa shape index (κ2) is 13.0. The first kappa shape index (κ1) is 31.9. The van der Waals surface area contributed by atoms with E-state index in [0.29, 0.717) is 0 Å². The van der Waals surface area contributed by atoms with Crippen molar-refractivity contribution in [3.05, 3.63) is 188 Å². The maximum atomic E-state index is 5.47. The minimum absolute atomic E-state index is 0.837. The average Bonchev–Trinajstić information content (AvgIpc) is 3.28. The van der Waals surface area contributed by atoms with E-state index in [0.717, 1.165) is 111 Å². The number of hydrogen-bond acceptors (Lipinski definition) is 5. The van der Waals surface area contributed by atoms with Gasteiger partial charge in [-0.3, -0.25) is 0 Å². The molecule has 0 saturated heterocycles. The summed E-state index contributed by atoms with van der Waals surface area (Å²) in [5, 5.41) is 5.21. The number of fused-ring (bicyclic) bond motifs is 8. The normalized spacial score (nSPS) is 11.6. The van der Waals surface area contributed by atoms with Gasteiger partial charge in [0.05, 0.1) is 56.1 Å². The van der Waals surface area contributed by atoms with Crippen LogP contribution in [0.25, 0.3) is 111 Å². The summed E-state index contributed by atoms with van der Waals surface area (Å²) in [5.41, 5.74) is 13.9. The van der Waals surface area contributed by atoms with Crippen LogP contribution in [-0.2, 0) is 0 Å². The van der Waals surface area contributed by atoms with Crippen molar-refractivity contribution in [1.29, 1.82) is 0 Å². The lowest BCUT2D eigenvalue weighted by atomic mass is 9.96. The minimum atomic E-state index is 0.837. The van der Waals surface area contributed by atoms with Crippen LogP contribution in [0.15, 0.2) is 188 Å². The molecule has 5 heteroatoms. The fraction of sp³-hybridized carbons (Fsp3) is 0. The molecule has 0 N–H and O–H groups in total. The fourth-order valence-corrected chi connectivity index (χ4v) is 7.89. The SMILES string of the molecule is c1ccc(-c2ccc3ccc4ccc(-c5cccc(-c6nc7ccccc7c7c6ccc6nc(-c8ccccc8)c(-c8ccccc8)nc67)c5)nc4c3n2)cc1. The predicted octanol–water partition coefficient (Wildman–Crippen LogP) is 12.8. The lowest BCUT2D eigenvalue weighted by molar-refractivity contribution is 1.30. The minimum Gasteiger partial charge on any atom is -0.247 e. The smallest absolute Gasteiger partial charge is 0.0980 e. The first-order valence-corrected chi connectivity index (χ1v) is 18.8. The largest absolute Gasteiger partial charge is 0.247 e. The Morgan fingerprint density at radius 1 is 0.268 bits per heavy atom. The Labute approximate surface area is 322 Å². The summed E-state index contributed by atoms with van der Waals surface area (Å²) in [4.78, 5) is 26.5. The molecule has 7 aromatic carbocycles. The number of rotatable bonds is 5. The molecule has 260 valence electrons. The van der Waals surface area contributed by atoms with Crippen LogP contribution in [0.5, 0.6) is 0 Å². The van der Waals surface area contributed by atoms with Crippen LogP contribution in [0.1, 0.15) is 0 Å². The quantitative estimate of drug-likeness (QED) is 0.166. The molecule has 4 aromatic heterocycles. The third-order valence-corrected chi connectivity index (χ3v) is 10.6. The van der Waals surface area contributed by atoms with Gasteiger partial charge in [0.25, 0.3) is 0 Å². The number of para-hydroxylation sites is 1.